The Kier molecular flexibility index (Phi) is 8.36. The van der Waals surface area contributed by atoms with Gasteiger partial charge in [0.05, 0.1) is 31.8 Å². The fourth-order valence-corrected chi connectivity index (χ4v) is 3.39. The summed E-state index contributed by atoms with van der Waals surface area (Å²) in [6, 6.07) is 0.200. The van der Waals surface area contributed by atoms with Gasteiger partial charge in [-0.15, -0.1) is 11.8 Å². The van der Waals surface area contributed by atoms with E-state index in [4.69, 9.17) is 14.9 Å². The predicted molar refractivity (Wildman–Crippen MR) is 92.8 cm³/mol. The lowest BCUT2D eigenvalue weighted by atomic mass is 10.0. The Morgan fingerprint density at radius 2 is 2.04 bits per heavy atom. The van der Waals surface area contributed by atoms with Gasteiger partial charge >= 0.3 is 5.97 Å². The summed E-state index contributed by atoms with van der Waals surface area (Å²) in [7, 11) is 4.47. The van der Waals surface area contributed by atoms with Gasteiger partial charge in [-0.1, -0.05) is 19.1 Å². The molecule has 1 aliphatic heterocycles. The minimum absolute atomic E-state index is 0.0804. The van der Waals surface area contributed by atoms with Crippen LogP contribution in [0.4, 0.5) is 0 Å². The van der Waals surface area contributed by atoms with Crippen molar-refractivity contribution in [3.63, 3.8) is 0 Å². The highest BCUT2D eigenvalue weighted by molar-refractivity contribution is 8.00. The van der Waals surface area contributed by atoms with Crippen LogP contribution in [0.1, 0.15) is 13.8 Å². The standard InChI is InChI=1S/C16H26N2O4S/c1-10(14(21-4)8-15(19)22-5)13(20-3)7-6-12-9-23-16(18-12)11(2)17/h6-8,10,12-13,16-18H,9H2,1-5H3/b7-6+,14-8+,17-11?/t10-,12?,13+,16?/m0/s1. The van der Waals surface area contributed by atoms with Crippen molar-refractivity contribution in [3.8, 4) is 0 Å². The summed E-state index contributed by atoms with van der Waals surface area (Å²) < 4.78 is 15.4. The molecule has 0 radical (unpaired) electrons. The third-order valence-electron chi connectivity index (χ3n) is 3.65. The summed E-state index contributed by atoms with van der Waals surface area (Å²) in [5.41, 5.74) is 0.630. The largest absolute Gasteiger partial charge is 0.500 e. The van der Waals surface area contributed by atoms with Crippen molar-refractivity contribution in [2.75, 3.05) is 27.1 Å². The van der Waals surface area contributed by atoms with E-state index >= 15 is 0 Å². The lowest BCUT2D eigenvalue weighted by Gasteiger charge is -2.22. The molecule has 0 saturated carbocycles. The Morgan fingerprint density at radius 3 is 2.52 bits per heavy atom. The molecule has 1 heterocycles. The van der Waals surface area contributed by atoms with Gasteiger partial charge in [-0.25, -0.2) is 4.79 Å². The van der Waals surface area contributed by atoms with E-state index in [0.717, 1.165) is 5.75 Å². The van der Waals surface area contributed by atoms with Crippen molar-refractivity contribution in [2.45, 2.75) is 31.4 Å². The molecule has 0 spiro atoms. The van der Waals surface area contributed by atoms with Gasteiger partial charge in [-0.3, -0.25) is 5.32 Å². The zero-order chi connectivity index (χ0) is 17.4. The fraction of sp³-hybridized carbons (Fsp3) is 0.625. The van der Waals surface area contributed by atoms with Crippen molar-refractivity contribution in [1.29, 1.82) is 5.41 Å². The summed E-state index contributed by atoms with van der Waals surface area (Å²) >= 11 is 1.72. The van der Waals surface area contributed by atoms with Gasteiger partial charge in [0.2, 0.25) is 0 Å². The van der Waals surface area contributed by atoms with Crippen molar-refractivity contribution < 1.29 is 19.0 Å². The van der Waals surface area contributed by atoms with Crippen molar-refractivity contribution in [2.24, 2.45) is 5.92 Å². The first kappa shape index (κ1) is 19.7. The molecule has 0 aromatic heterocycles. The van der Waals surface area contributed by atoms with Crippen LogP contribution in [-0.4, -0.2) is 56.3 Å². The second kappa shape index (κ2) is 9.75. The first-order valence-electron chi connectivity index (χ1n) is 7.40. The molecule has 7 heteroatoms. The number of esters is 1. The highest BCUT2D eigenvalue weighted by atomic mass is 32.2. The molecule has 0 aromatic carbocycles. The van der Waals surface area contributed by atoms with Crippen LogP contribution in [0.25, 0.3) is 0 Å². The maximum atomic E-state index is 11.4. The molecule has 23 heavy (non-hydrogen) atoms. The van der Waals surface area contributed by atoms with Crippen LogP contribution >= 0.6 is 11.8 Å². The van der Waals surface area contributed by atoms with E-state index in [1.165, 1.54) is 20.3 Å². The number of thioether (sulfide) groups is 1. The molecule has 6 nitrogen and oxygen atoms in total. The Labute approximate surface area is 142 Å². The van der Waals surface area contributed by atoms with E-state index < -0.39 is 5.97 Å². The van der Waals surface area contributed by atoms with E-state index in [1.54, 1.807) is 25.8 Å². The SMILES string of the molecule is COC(=O)/C=C(/OC)[C@@H](C)[C@@H](/C=C/C1CSC(C(C)=N)N1)OC. The number of ether oxygens (including phenoxy) is 3. The van der Waals surface area contributed by atoms with Crippen LogP contribution < -0.4 is 5.32 Å². The van der Waals surface area contributed by atoms with Crippen molar-refractivity contribution in [3.05, 3.63) is 24.0 Å². The molecule has 2 N–H and O–H groups in total. The number of methoxy groups -OCH3 is 3. The fourth-order valence-electron chi connectivity index (χ4n) is 2.26. The molecule has 0 bridgehead atoms. The number of carbonyl (C=O) groups excluding carboxylic acids is 1. The van der Waals surface area contributed by atoms with Crippen LogP contribution in [0.3, 0.4) is 0 Å². The minimum Gasteiger partial charge on any atom is -0.500 e. The zero-order valence-electron chi connectivity index (χ0n) is 14.3. The van der Waals surface area contributed by atoms with Crippen LogP contribution in [0.5, 0.6) is 0 Å². The molecule has 1 fully saturated rings. The molecule has 4 atom stereocenters. The van der Waals surface area contributed by atoms with Crippen LogP contribution in [0.2, 0.25) is 0 Å². The van der Waals surface area contributed by atoms with E-state index in [2.05, 4.69) is 10.1 Å². The van der Waals surface area contributed by atoms with E-state index in [-0.39, 0.29) is 23.4 Å². The average Bonchev–Trinajstić information content (AvgIpc) is 3.01. The second-order valence-electron chi connectivity index (χ2n) is 5.32. The predicted octanol–water partition coefficient (Wildman–Crippen LogP) is 1.97. The molecule has 2 unspecified atom stereocenters. The summed E-state index contributed by atoms with van der Waals surface area (Å²) in [6.45, 7) is 3.73. The molecule has 1 rings (SSSR count). The van der Waals surface area contributed by atoms with E-state index in [0.29, 0.717) is 11.5 Å². The Balaban J connectivity index is 2.72. The topological polar surface area (TPSA) is 80.6 Å². The number of carbonyl (C=O) groups is 1. The highest BCUT2D eigenvalue weighted by Gasteiger charge is 2.25. The molecule has 1 saturated heterocycles. The van der Waals surface area contributed by atoms with Gasteiger partial charge in [-0.05, 0) is 6.92 Å². The van der Waals surface area contributed by atoms with Crippen molar-refractivity contribution >= 4 is 23.4 Å². The number of rotatable bonds is 8. The minimum atomic E-state index is -0.453. The lowest BCUT2D eigenvalue weighted by molar-refractivity contribution is -0.135. The van der Waals surface area contributed by atoms with Gasteiger partial charge in [0.15, 0.2) is 0 Å². The van der Waals surface area contributed by atoms with Crippen LogP contribution in [0, 0.1) is 11.3 Å². The summed E-state index contributed by atoms with van der Waals surface area (Å²) in [4.78, 5) is 11.4. The second-order valence-corrected chi connectivity index (χ2v) is 6.46. The number of hydrogen-bond acceptors (Lipinski definition) is 7. The Morgan fingerprint density at radius 1 is 1.35 bits per heavy atom. The summed E-state index contributed by atoms with van der Waals surface area (Å²) in [5, 5.41) is 11.1. The van der Waals surface area contributed by atoms with Crippen LogP contribution in [0.15, 0.2) is 24.0 Å². The third-order valence-corrected chi connectivity index (χ3v) is 5.02. The van der Waals surface area contributed by atoms with Crippen molar-refractivity contribution in [1.82, 2.24) is 5.32 Å². The number of hydrogen-bond donors (Lipinski definition) is 2. The Bertz CT molecular complexity index is 479. The van der Waals surface area contributed by atoms with Gasteiger partial charge in [0.25, 0.3) is 0 Å². The molecule has 0 aromatic rings. The maximum absolute atomic E-state index is 11.4. The molecular formula is C16H26N2O4S. The van der Waals surface area contributed by atoms with E-state index in [9.17, 15) is 4.79 Å². The van der Waals surface area contributed by atoms with E-state index in [1.807, 2.05) is 19.1 Å². The first-order chi connectivity index (χ1) is 10.9. The lowest BCUT2D eigenvalue weighted by Crippen LogP contribution is -2.32. The van der Waals surface area contributed by atoms with Gasteiger partial charge < -0.3 is 19.6 Å². The molecular weight excluding hydrogens is 316 g/mol. The van der Waals surface area contributed by atoms with Gasteiger partial charge in [0, 0.05) is 30.5 Å². The first-order valence-corrected chi connectivity index (χ1v) is 8.45. The maximum Gasteiger partial charge on any atom is 0.333 e. The van der Waals surface area contributed by atoms with Gasteiger partial charge in [0.1, 0.15) is 5.76 Å². The molecule has 0 aliphatic carbocycles. The average molecular weight is 342 g/mol. The molecule has 130 valence electrons. The smallest absolute Gasteiger partial charge is 0.333 e. The quantitative estimate of drug-likeness (QED) is 0.231. The molecule has 1 aliphatic rings. The highest BCUT2D eigenvalue weighted by Crippen LogP contribution is 2.22. The summed E-state index contributed by atoms with van der Waals surface area (Å²) in [5.74, 6) is 0.841. The summed E-state index contributed by atoms with van der Waals surface area (Å²) in [6.07, 6.45) is 5.13. The molecule has 0 amide bonds. The normalized spacial score (nSPS) is 24.5. The third kappa shape index (κ3) is 6.01. The van der Waals surface area contributed by atoms with Crippen LogP contribution in [-0.2, 0) is 19.0 Å². The zero-order valence-corrected chi connectivity index (χ0v) is 15.1. The monoisotopic (exact) mass is 342 g/mol. The Hall–Kier alpha value is -1.31. The van der Waals surface area contributed by atoms with Gasteiger partial charge in [-0.2, -0.15) is 0 Å². The number of nitrogens with one attached hydrogen (secondary N) is 2.